The quantitative estimate of drug-likeness (QED) is 0.412. The second kappa shape index (κ2) is 8.63. The van der Waals surface area contributed by atoms with E-state index >= 15 is 0 Å². The Morgan fingerprint density at radius 1 is 1.03 bits per heavy atom. The van der Waals surface area contributed by atoms with E-state index in [2.05, 4.69) is 0 Å². The lowest BCUT2D eigenvalue weighted by Crippen LogP contribution is -2.37. The van der Waals surface area contributed by atoms with Gasteiger partial charge < -0.3 is 19.5 Å². The van der Waals surface area contributed by atoms with Crippen LogP contribution in [0, 0.1) is 0 Å². The molecule has 7 heteroatoms. The highest BCUT2D eigenvalue weighted by Gasteiger charge is 2.49. The number of methoxy groups -OCH3 is 2. The fourth-order valence-electron chi connectivity index (χ4n) is 4.56. The Morgan fingerprint density at radius 2 is 1.68 bits per heavy atom. The largest absolute Gasteiger partial charge is 0.507 e. The van der Waals surface area contributed by atoms with Gasteiger partial charge in [-0.2, -0.15) is 0 Å². The molecule has 0 spiro atoms. The van der Waals surface area contributed by atoms with Gasteiger partial charge in [-0.1, -0.05) is 54.8 Å². The first-order valence-corrected chi connectivity index (χ1v) is 10.6. The number of ether oxygens (including phenoxy) is 2. The smallest absolute Gasteiger partial charge is 0.295 e. The zero-order chi connectivity index (χ0) is 22.1. The van der Waals surface area contributed by atoms with Crippen LogP contribution < -0.4 is 9.47 Å². The van der Waals surface area contributed by atoms with Gasteiger partial charge in [0.1, 0.15) is 17.3 Å². The van der Waals surface area contributed by atoms with Crippen molar-refractivity contribution in [3.63, 3.8) is 0 Å². The molecule has 2 fully saturated rings. The van der Waals surface area contributed by atoms with Crippen molar-refractivity contribution in [2.75, 3.05) is 14.2 Å². The summed E-state index contributed by atoms with van der Waals surface area (Å²) in [5.74, 6) is -0.930. The van der Waals surface area contributed by atoms with Crippen molar-refractivity contribution in [3.8, 4) is 11.5 Å². The molecule has 31 heavy (non-hydrogen) atoms. The molecule has 2 aromatic carbocycles. The molecule has 6 nitrogen and oxygen atoms in total. The summed E-state index contributed by atoms with van der Waals surface area (Å²) >= 11 is 6.28. The van der Waals surface area contributed by atoms with Crippen LogP contribution in [0.25, 0.3) is 5.76 Å². The van der Waals surface area contributed by atoms with Gasteiger partial charge in [0, 0.05) is 12.1 Å². The lowest BCUT2D eigenvalue weighted by molar-refractivity contribution is -0.141. The van der Waals surface area contributed by atoms with Gasteiger partial charge in [-0.15, -0.1) is 0 Å². The first kappa shape index (κ1) is 21.2. The molecule has 1 saturated carbocycles. The number of hydrogen-bond donors (Lipinski definition) is 1. The Kier molecular flexibility index (Phi) is 5.92. The Morgan fingerprint density at radius 3 is 2.29 bits per heavy atom. The highest BCUT2D eigenvalue weighted by molar-refractivity contribution is 6.46. The van der Waals surface area contributed by atoms with Crippen LogP contribution in [0.3, 0.4) is 0 Å². The molecule has 4 rings (SSSR count). The van der Waals surface area contributed by atoms with Gasteiger partial charge >= 0.3 is 0 Å². The maximum Gasteiger partial charge on any atom is 0.295 e. The number of benzene rings is 2. The van der Waals surface area contributed by atoms with E-state index in [1.165, 1.54) is 20.3 Å². The molecule has 1 N–H and O–H groups in total. The summed E-state index contributed by atoms with van der Waals surface area (Å²) in [6.07, 6.45) is 3.70. The summed E-state index contributed by atoms with van der Waals surface area (Å²) in [6, 6.07) is 11.6. The highest BCUT2D eigenvalue weighted by Crippen LogP contribution is 2.45. The SMILES string of the molecule is COc1cc(OC)c(/C(O)=C2\C(=O)C(=O)N(C3CCCC3)C2c2ccccc2)cc1Cl. The molecule has 0 radical (unpaired) electrons. The molecule has 1 amide bonds. The van der Waals surface area contributed by atoms with Crippen LogP contribution in [0.4, 0.5) is 0 Å². The first-order valence-electron chi connectivity index (χ1n) is 10.2. The van der Waals surface area contributed by atoms with Crippen LogP contribution in [0.2, 0.25) is 5.02 Å². The average Bonchev–Trinajstić information content (AvgIpc) is 3.40. The van der Waals surface area contributed by atoms with Gasteiger partial charge in [-0.05, 0) is 24.5 Å². The number of nitrogens with zero attached hydrogens (tertiary/aromatic N) is 1. The summed E-state index contributed by atoms with van der Waals surface area (Å²) < 4.78 is 10.6. The molecule has 1 atom stereocenters. The van der Waals surface area contributed by atoms with Crippen LogP contribution in [0.1, 0.15) is 42.9 Å². The summed E-state index contributed by atoms with van der Waals surface area (Å²) in [6.45, 7) is 0. The number of halogens is 1. The Bertz CT molecular complexity index is 1040. The Balaban J connectivity index is 1.92. The first-order chi connectivity index (χ1) is 15.0. The van der Waals surface area contributed by atoms with Gasteiger partial charge in [0.25, 0.3) is 11.7 Å². The predicted molar refractivity (Wildman–Crippen MR) is 117 cm³/mol. The van der Waals surface area contributed by atoms with Crippen LogP contribution in [-0.4, -0.2) is 42.0 Å². The van der Waals surface area contributed by atoms with Gasteiger partial charge in [-0.25, -0.2) is 0 Å². The zero-order valence-corrected chi connectivity index (χ0v) is 18.2. The molecular formula is C24H24ClNO5. The lowest BCUT2D eigenvalue weighted by Gasteiger charge is -2.30. The Hall–Kier alpha value is -2.99. The van der Waals surface area contributed by atoms with Crippen molar-refractivity contribution in [1.29, 1.82) is 0 Å². The summed E-state index contributed by atoms with van der Waals surface area (Å²) in [5.41, 5.74) is 1.05. The van der Waals surface area contributed by atoms with Crippen molar-refractivity contribution in [1.82, 2.24) is 4.90 Å². The molecule has 1 aliphatic carbocycles. The molecule has 2 aromatic rings. The molecule has 1 heterocycles. The number of ketones is 1. The normalized spacial score (nSPS) is 21.0. The molecule has 0 bridgehead atoms. The minimum atomic E-state index is -0.702. The number of carbonyl (C=O) groups is 2. The van der Waals surface area contributed by atoms with E-state index in [0.29, 0.717) is 5.75 Å². The molecular weight excluding hydrogens is 418 g/mol. The van der Waals surface area contributed by atoms with Crippen molar-refractivity contribution in [2.24, 2.45) is 0 Å². The number of carbonyl (C=O) groups excluding carboxylic acids is 2. The highest BCUT2D eigenvalue weighted by atomic mass is 35.5. The topological polar surface area (TPSA) is 76.1 Å². The molecule has 0 aromatic heterocycles. The van der Waals surface area contributed by atoms with E-state index in [1.807, 2.05) is 30.3 Å². The fourth-order valence-corrected chi connectivity index (χ4v) is 4.80. The van der Waals surface area contributed by atoms with Crippen LogP contribution in [0.5, 0.6) is 11.5 Å². The minimum Gasteiger partial charge on any atom is -0.507 e. The van der Waals surface area contributed by atoms with Gasteiger partial charge in [0.15, 0.2) is 0 Å². The average molecular weight is 442 g/mol. The van der Waals surface area contributed by atoms with E-state index in [0.717, 1.165) is 31.2 Å². The molecule has 1 saturated heterocycles. The van der Waals surface area contributed by atoms with E-state index in [9.17, 15) is 14.7 Å². The standard InChI is InChI=1S/C24H24ClNO5/c1-30-18-13-19(31-2)17(25)12-16(18)22(27)20-21(14-8-4-3-5-9-14)26(24(29)23(20)28)15-10-6-7-11-15/h3-5,8-9,12-13,15,21,27H,6-7,10-11H2,1-2H3/b22-20+. The third kappa shape index (κ3) is 3.65. The summed E-state index contributed by atoms with van der Waals surface area (Å²) in [5, 5.41) is 11.6. The summed E-state index contributed by atoms with van der Waals surface area (Å²) in [7, 11) is 2.92. The Labute approximate surface area is 186 Å². The second-order valence-electron chi connectivity index (χ2n) is 7.74. The van der Waals surface area contributed by atoms with E-state index < -0.39 is 17.7 Å². The van der Waals surface area contributed by atoms with Crippen LogP contribution in [-0.2, 0) is 9.59 Å². The number of likely N-dealkylation sites (tertiary alicyclic amines) is 1. The van der Waals surface area contributed by atoms with Crippen molar-refractivity contribution < 1.29 is 24.2 Å². The number of aliphatic hydroxyl groups excluding tert-OH is 1. The maximum absolute atomic E-state index is 13.2. The molecule has 162 valence electrons. The van der Waals surface area contributed by atoms with Crippen LogP contribution >= 0.6 is 11.6 Å². The number of Topliss-reactive ketones (excluding diaryl/α,β-unsaturated/α-hetero) is 1. The number of rotatable bonds is 5. The predicted octanol–water partition coefficient (Wildman–Crippen LogP) is 4.72. The van der Waals surface area contributed by atoms with Crippen molar-refractivity contribution >= 4 is 29.1 Å². The fraction of sp³-hybridized carbons (Fsp3) is 0.333. The maximum atomic E-state index is 13.2. The lowest BCUT2D eigenvalue weighted by atomic mass is 9.94. The van der Waals surface area contributed by atoms with Crippen molar-refractivity contribution in [2.45, 2.75) is 37.8 Å². The second-order valence-corrected chi connectivity index (χ2v) is 8.15. The van der Waals surface area contributed by atoms with E-state index in [4.69, 9.17) is 21.1 Å². The van der Waals surface area contributed by atoms with Gasteiger partial charge in [-0.3, -0.25) is 9.59 Å². The number of hydrogen-bond acceptors (Lipinski definition) is 5. The van der Waals surface area contributed by atoms with Crippen LogP contribution in [0.15, 0.2) is 48.0 Å². The number of amides is 1. The molecule has 1 unspecified atom stereocenters. The third-order valence-corrected chi connectivity index (χ3v) is 6.34. The number of aliphatic hydroxyl groups is 1. The summed E-state index contributed by atoms with van der Waals surface area (Å²) in [4.78, 5) is 27.9. The minimum absolute atomic E-state index is 0.0340. The van der Waals surface area contributed by atoms with Gasteiger partial charge in [0.05, 0.1) is 36.4 Å². The van der Waals surface area contributed by atoms with Crippen molar-refractivity contribution in [3.05, 3.63) is 64.2 Å². The zero-order valence-electron chi connectivity index (χ0n) is 17.4. The van der Waals surface area contributed by atoms with E-state index in [-0.39, 0.29) is 33.7 Å². The molecule has 2 aliphatic rings. The third-order valence-electron chi connectivity index (χ3n) is 6.04. The van der Waals surface area contributed by atoms with E-state index in [1.54, 1.807) is 11.0 Å². The van der Waals surface area contributed by atoms with Gasteiger partial charge in [0.2, 0.25) is 0 Å². The monoisotopic (exact) mass is 441 g/mol. The molecule has 1 aliphatic heterocycles.